The van der Waals surface area contributed by atoms with Crippen LogP contribution in [0.4, 0.5) is 11.5 Å². The van der Waals surface area contributed by atoms with Gasteiger partial charge in [-0.3, -0.25) is 9.59 Å². The molecule has 1 unspecified atom stereocenters. The van der Waals surface area contributed by atoms with Gasteiger partial charge in [0.2, 0.25) is 0 Å². The van der Waals surface area contributed by atoms with E-state index in [9.17, 15) is 18.0 Å². The molecule has 9 nitrogen and oxygen atoms in total. The third kappa shape index (κ3) is 2.90. The topological polar surface area (TPSA) is 146 Å². The fourth-order valence-corrected chi connectivity index (χ4v) is 3.90. The number of nitrogens with one attached hydrogen (secondary N) is 1. The Morgan fingerprint density at radius 2 is 2.30 bits per heavy atom. The van der Waals surface area contributed by atoms with Crippen LogP contribution >= 0.6 is 0 Å². The fourth-order valence-electron chi connectivity index (χ4n) is 2.17. The molecule has 1 fully saturated rings. The number of nitrogen functional groups attached to an aromatic ring is 1. The van der Waals surface area contributed by atoms with Gasteiger partial charge in [-0.15, -0.1) is 0 Å². The van der Waals surface area contributed by atoms with Gasteiger partial charge in [0.25, 0.3) is 5.56 Å². The van der Waals surface area contributed by atoms with Gasteiger partial charge in [-0.05, 0) is 6.42 Å². The predicted octanol–water partition coefficient (Wildman–Crippen LogP) is -1.57. The Morgan fingerprint density at radius 3 is 2.85 bits per heavy atom. The zero-order valence-electron chi connectivity index (χ0n) is 10.4. The Balaban J connectivity index is 2.40. The Morgan fingerprint density at radius 1 is 1.60 bits per heavy atom. The van der Waals surface area contributed by atoms with Crippen molar-refractivity contribution in [2.45, 2.75) is 12.5 Å². The summed E-state index contributed by atoms with van der Waals surface area (Å²) >= 11 is 0. The van der Waals surface area contributed by atoms with Crippen molar-refractivity contribution >= 4 is 27.3 Å². The fraction of sp³-hybridized carbons (Fsp3) is 0.500. The molecule has 20 heavy (non-hydrogen) atoms. The van der Waals surface area contributed by atoms with Crippen LogP contribution in [0.1, 0.15) is 6.42 Å². The second-order valence-electron chi connectivity index (χ2n) is 4.55. The lowest BCUT2D eigenvalue weighted by molar-refractivity contribution is -0.135. The number of sulfone groups is 1. The van der Waals surface area contributed by atoms with E-state index >= 15 is 0 Å². The molecular weight excluding hydrogens is 288 g/mol. The first kappa shape index (κ1) is 14.3. The minimum Gasteiger partial charge on any atom is -0.480 e. The molecule has 1 aliphatic heterocycles. The molecule has 10 heteroatoms. The summed E-state index contributed by atoms with van der Waals surface area (Å²) in [5.41, 5.74) is 4.79. The van der Waals surface area contributed by atoms with E-state index in [1.165, 1.54) is 4.90 Å². The van der Waals surface area contributed by atoms with E-state index in [0.717, 1.165) is 6.33 Å². The molecule has 1 atom stereocenters. The molecule has 0 saturated carbocycles. The Kier molecular flexibility index (Phi) is 3.66. The van der Waals surface area contributed by atoms with E-state index in [2.05, 4.69) is 9.97 Å². The number of H-pyrrole nitrogens is 1. The monoisotopic (exact) mass is 302 g/mol. The van der Waals surface area contributed by atoms with Crippen LogP contribution in [0.5, 0.6) is 0 Å². The molecule has 1 aromatic rings. The number of aliphatic carboxylic acids is 1. The van der Waals surface area contributed by atoms with E-state index in [1.807, 2.05) is 0 Å². The maximum atomic E-state index is 11.5. The molecular formula is C10H14N4O5S. The average molecular weight is 302 g/mol. The molecule has 0 aliphatic carbocycles. The summed E-state index contributed by atoms with van der Waals surface area (Å²) in [6, 6.07) is -0.548. The molecule has 1 aromatic heterocycles. The van der Waals surface area contributed by atoms with Crippen molar-refractivity contribution in [1.82, 2.24) is 9.97 Å². The second-order valence-corrected chi connectivity index (χ2v) is 6.78. The zero-order chi connectivity index (χ0) is 14.9. The molecule has 1 aliphatic rings. The molecule has 2 heterocycles. The molecule has 1 saturated heterocycles. The molecule has 110 valence electrons. The van der Waals surface area contributed by atoms with E-state index in [0.29, 0.717) is 0 Å². The minimum atomic E-state index is -3.20. The zero-order valence-corrected chi connectivity index (χ0v) is 11.3. The lowest BCUT2D eigenvalue weighted by atomic mass is 10.2. The number of nitrogens with zero attached hydrogens (tertiary/aromatic N) is 2. The summed E-state index contributed by atoms with van der Waals surface area (Å²) in [7, 11) is -3.20. The van der Waals surface area contributed by atoms with Gasteiger partial charge < -0.3 is 20.7 Å². The highest BCUT2D eigenvalue weighted by Gasteiger charge is 2.34. The first-order valence-electron chi connectivity index (χ1n) is 5.82. The highest BCUT2D eigenvalue weighted by molar-refractivity contribution is 7.91. The van der Waals surface area contributed by atoms with Crippen LogP contribution < -0.4 is 16.2 Å². The van der Waals surface area contributed by atoms with Gasteiger partial charge in [0.05, 0.1) is 17.8 Å². The van der Waals surface area contributed by atoms with Crippen LogP contribution in [0.15, 0.2) is 11.1 Å². The second kappa shape index (κ2) is 5.12. The first-order valence-corrected chi connectivity index (χ1v) is 7.64. The number of aromatic amines is 1. The Bertz CT molecular complexity index is 683. The van der Waals surface area contributed by atoms with E-state index in [4.69, 9.17) is 10.8 Å². The van der Waals surface area contributed by atoms with Gasteiger partial charge in [-0.1, -0.05) is 0 Å². The largest absolute Gasteiger partial charge is 0.480 e. The minimum absolute atomic E-state index is 0.00162. The van der Waals surface area contributed by atoms with Crippen LogP contribution in [0.25, 0.3) is 0 Å². The summed E-state index contributed by atoms with van der Waals surface area (Å²) in [6.07, 6.45) is 1.38. The molecule has 0 amide bonds. The Hall–Kier alpha value is -2.10. The third-order valence-corrected chi connectivity index (χ3v) is 4.85. The molecule has 0 aromatic carbocycles. The van der Waals surface area contributed by atoms with Crippen LogP contribution in [0, 0.1) is 0 Å². The van der Waals surface area contributed by atoms with Gasteiger partial charge in [0.15, 0.2) is 15.7 Å². The summed E-state index contributed by atoms with van der Waals surface area (Å²) in [5, 5.41) is 8.95. The average Bonchev–Trinajstić information content (AvgIpc) is 2.70. The quantitative estimate of drug-likeness (QED) is 0.604. The molecule has 2 rings (SSSR count). The van der Waals surface area contributed by atoms with Gasteiger partial charge in [0.1, 0.15) is 12.2 Å². The molecule has 0 radical (unpaired) electrons. The number of carboxylic acid groups (broad SMARTS) is 1. The van der Waals surface area contributed by atoms with E-state index < -0.39 is 34.0 Å². The van der Waals surface area contributed by atoms with Crippen LogP contribution in [-0.4, -0.2) is 53.6 Å². The van der Waals surface area contributed by atoms with E-state index in [-0.39, 0.29) is 29.4 Å². The SMILES string of the molecule is Nc1c(N(CC(=O)O)C2CCS(=O)(=O)C2)nc[nH]c1=O. The third-order valence-electron chi connectivity index (χ3n) is 3.09. The predicted molar refractivity (Wildman–Crippen MR) is 71.3 cm³/mol. The number of anilines is 2. The van der Waals surface area contributed by atoms with Gasteiger partial charge in [-0.25, -0.2) is 13.4 Å². The van der Waals surface area contributed by atoms with Crippen LogP contribution in [0.3, 0.4) is 0 Å². The van der Waals surface area contributed by atoms with Crippen LogP contribution in [0.2, 0.25) is 0 Å². The van der Waals surface area contributed by atoms with Gasteiger partial charge in [-0.2, -0.15) is 0 Å². The van der Waals surface area contributed by atoms with Crippen molar-refractivity contribution in [2.24, 2.45) is 0 Å². The number of rotatable bonds is 4. The summed E-state index contributed by atoms with van der Waals surface area (Å²) < 4.78 is 23.0. The smallest absolute Gasteiger partial charge is 0.323 e. The number of hydrogen-bond acceptors (Lipinski definition) is 7. The summed E-state index contributed by atoms with van der Waals surface area (Å²) in [5.74, 6) is -1.35. The standard InChI is InChI=1S/C10H14N4O5S/c11-8-9(12-5-13-10(8)17)14(3-7(15)16)6-1-2-20(18,19)4-6/h5-6H,1-4,11H2,(H,15,16)(H,12,13,17). The van der Waals surface area contributed by atoms with E-state index in [1.54, 1.807) is 0 Å². The first-order chi connectivity index (χ1) is 9.30. The van der Waals surface area contributed by atoms with Crippen molar-refractivity contribution in [1.29, 1.82) is 0 Å². The number of hydrogen-bond donors (Lipinski definition) is 3. The van der Waals surface area contributed by atoms with Gasteiger partial charge >= 0.3 is 5.97 Å². The number of carbonyl (C=O) groups is 1. The highest BCUT2D eigenvalue weighted by Crippen LogP contribution is 2.24. The lowest BCUT2D eigenvalue weighted by Crippen LogP contribution is -2.41. The van der Waals surface area contributed by atoms with Crippen molar-refractivity contribution in [3.63, 3.8) is 0 Å². The highest BCUT2D eigenvalue weighted by atomic mass is 32.2. The number of carboxylic acids is 1. The normalized spacial score (nSPS) is 20.7. The van der Waals surface area contributed by atoms with Crippen molar-refractivity contribution in [3.8, 4) is 0 Å². The maximum absolute atomic E-state index is 11.5. The number of nitrogens with two attached hydrogens (primary N) is 1. The van der Waals surface area contributed by atoms with Crippen LogP contribution in [-0.2, 0) is 14.6 Å². The molecule has 0 spiro atoms. The number of aromatic nitrogens is 2. The maximum Gasteiger partial charge on any atom is 0.323 e. The summed E-state index contributed by atoms with van der Waals surface area (Å²) in [6.45, 7) is -0.471. The molecule has 4 N–H and O–H groups in total. The van der Waals surface area contributed by atoms with Crippen molar-refractivity contribution in [2.75, 3.05) is 28.7 Å². The lowest BCUT2D eigenvalue weighted by Gasteiger charge is -2.28. The molecule has 0 bridgehead atoms. The van der Waals surface area contributed by atoms with Crippen molar-refractivity contribution < 1.29 is 18.3 Å². The van der Waals surface area contributed by atoms with Gasteiger partial charge in [0, 0.05) is 6.04 Å². The Labute approximate surface area is 114 Å². The van der Waals surface area contributed by atoms with Crippen molar-refractivity contribution in [3.05, 3.63) is 16.7 Å². The summed E-state index contributed by atoms with van der Waals surface area (Å²) in [4.78, 5) is 29.8.